The van der Waals surface area contributed by atoms with Gasteiger partial charge in [0.05, 0.1) is 17.4 Å². The lowest BCUT2D eigenvalue weighted by Gasteiger charge is -2.29. The van der Waals surface area contributed by atoms with E-state index >= 15 is 0 Å². The van der Waals surface area contributed by atoms with Crippen LogP contribution in [0.4, 0.5) is 20.6 Å². The third-order valence-corrected chi connectivity index (χ3v) is 3.55. The number of halogens is 1. The van der Waals surface area contributed by atoms with Crippen molar-refractivity contribution in [1.82, 2.24) is 4.90 Å². The number of nitrogens with one attached hydrogen (secondary N) is 1. The Balaban J connectivity index is 1.95. The number of amides is 1. The molecule has 1 fully saturated rings. The zero-order chi connectivity index (χ0) is 16.3. The van der Waals surface area contributed by atoms with Crippen LogP contribution < -0.4 is 11.1 Å². The molecular weight excluding hydrogens is 285 g/mol. The highest BCUT2D eigenvalue weighted by Crippen LogP contribution is 2.23. The first-order valence-electron chi connectivity index (χ1n) is 7.55. The van der Waals surface area contributed by atoms with Crippen LogP contribution in [0.1, 0.15) is 33.6 Å². The quantitative estimate of drug-likeness (QED) is 0.841. The Labute approximate surface area is 130 Å². The Morgan fingerprint density at radius 2 is 2.23 bits per heavy atom. The largest absolute Gasteiger partial charge is 0.444 e. The first-order valence-corrected chi connectivity index (χ1v) is 7.55. The van der Waals surface area contributed by atoms with Crippen LogP contribution in [0.2, 0.25) is 0 Å². The van der Waals surface area contributed by atoms with Crippen molar-refractivity contribution >= 4 is 17.5 Å². The minimum absolute atomic E-state index is 0.0549. The standard InChI is InChI=1S/C16H24FN3O2/c1-16(2,3)22-15(21)20-8-4-5-12(20)10-19-14-7-6-11(17)9-13(14)18/h6-7,9,12,19H,4-5,8,10,18H2,1-3H3/t12-/m0/s1. The third kappa shape index (κ3) is 4.26. The van der Waals surface area contributed by atoms with Gasteiger partial charge in [-0.25, -0.2) is 9.18 Å². The lowest BCUT2D eigenvalue weighted by Crippen LogP contribution is -2.42. The van der Waals surface area contributed by atoms with Crippen LogP contribution in [0.3, 0.4) is 0 Å². The van der Waals surface area contributed by atoms with Crippen LogP contribution in [-0.4, -0.2) is 35.7 Å². The second-order valence-corrected chi connectivity index (χ2v) is 6.58. The number of carbonyl (C=O) groups excluding carboxylic acids is 1. The topological polar surface area (TPSA) is 67.6 Å². The number of nitrogens with two attached hydrogens (primary N) is 1. The van der Waals surface area contributed by atoms with Crippen molar-refractivity contribution in [1.29, 1.82) is 0 Å². The van der Waals surface area contributed by atoms with E-state index in [1.165, 1.54) is 12.1 Å². The number of hydrogen-bond acceptors (Lipinski definition) is 4. The van der Waals surface area contributed by atoms with E-state index in [4.69, 9.17) is 10.5 Å². The smallest absolute Gasteiger partial charge is 0.410 e. The molecule has 2 rings (SSSR count). The van der Waals surface area contributed by atoms with E-state index in [0.717, 1.165) is 12.8 Å². The van der Waals surface area contributed by atoms with E-state index in [1.54, 1.807) is 11.0 Å². The number of benzene rings is 1. The summed E-state index contributed by atoms with van der Waals surface area (Å²) in [4.78, 5) is 13.9. The Bertz CT molecular complexity index is 543. The molecule has 1 atom stereocenters. The average molecular weight is 309 g/mol. The average Bonchev–Trinajstić information content (AvgIpc) is 2.84. The summed E-state index contributed by atoms with van der Waals surface area (Å²) in [6.07, 6.45) is 1.57. The van der Waals surface area contributed by atoms with Gasteiger partial charge in [-0.05, 0) is 51.8 Å². The predicted molar refractivity (Wildman–Crippen MR) is 85.3 cm³/mol. The Morgan fingerprint density at radius 3 is 2.86 bits per heavy atom. The first kappa shape index (κ1) is 16.4. The zero-order valence-corrected chi connectivity index (χ0v) is 13.4. The molecule has 3 N–H and O–H groups in total. The second kappa shape index (κ2) is 6.42. The van der Waals surface area contributed by atoms with Crippen molar-refractivity contribution in [2.45, 2.75) is 45.3 Å². The minimum Gasteiger partial charge on any atom is -0.444 e. The van der Waals surface area contributed by atoms with Gasteiger partial charge in [0.2, 0.25) is 0 Å². The van der Waals surface area contributed by atoms with E-state index in [9.17, 15) is 9.18 Å². The molecule has 0 unspecified atom stereocenters. The number of nitrogens with zero attached hydrogens (tertiary/aromatic N) is 1. The lowest BCUT2D eigenvalue weighted by molar-refractivity contribution is 0.0235. The number of nitrogen functional groups attached to an aromatic ring is 1. The molecule has 1 amide bonds. The molecule has 0 spiro atoms. The summed E-state index contributed by atoms with van der Waals surface area (Å²) in [7, 11) is 0. The zero-order valence-electron chi connectivity index (χ0n) is 13.4. The molecule has 0 bridgehead atoms. The summed E-state index contributed by atoms with van der Waals surface area (Å²) in [5, 5.41) is 3.19. The maximum atomic E-state index is 13.0. The molecule has 1 heterocycles. The summed E-state index contributed by atoms with van der Waals surface area (Å²) >= 11 is 0. The molecule has 5 nitrogen and oxygen atoms in total. The fourth-order valence-electron chi connectivity index (χ4n) is 2.53. The molecule has 1 aliphatic heterocycles. The van der Waals surface area contributed by atoms with Crippen LogP contribution in [0.5, 0.6) is 0 Å². The summed E-state index contributed by atoms with van der Waals surface area (Å²) < 4.78 is 18.5. The Kier molecular flexibility index (Phi) is 4.78. The molecule has 1 aromatic carbocycles. The molecule has 6 heteroatoms. The van der Waals surface area contributed by atoms with Crippen molar-refractivity contribution in [2.24, 2.45) is 0 Å². The van der Waals surface area contributed by atoms with E-state index in [-0.39, 0.29) is 18.0 Å². The van der Waals surface area contributed by atoms with Crippen LogP contribution in [0, 0.1) is 5.82 Å². The van der Waals surface area contributed by atoms with Gasteiger partial charge in [-0.3, -0.25) is 0 Å². The molecular formula is C16H24FN3O2. The van der Waals surface area contributed by atoms with Gasteiger partial charge in [-0.1, -0.05) is 0 Å². The van der Waals surface area contributed by atoms with Gasteiger partial charge < -0.3 is 20.7 Å². The molecule has 1 aliphatic rings. The Hall–Kier alpha value is -1.98. The number of ether oxygens (including phenoxy) is 1. The third-order valence-electron chi connectivity index (χ3n) is 3.55. The predicted octanol–water partition coefficient (Wildman–Crippen LogP) is 3.22. The lowest BCUT2D eigenvalue weighted by atomic mass is 10.2. The maximum Gasteiger partial charge on any atom is 0.410 e. The van der Waals surface area contributed by atoms with Crippen LogP contribution in [0.25, 0.3) is 0 Å². The van der Waals surface area contributed by atoms with E-state index in [2.05, 4.69) is 5.32 Å². The van der Waals surface area contributed by atoms with Crippen LogP contribution in [-0.2, 0) is 4.74 Å². The van der Waals surface area contributed by atoms with Gasteiger partial charge in [0.1, 0.15) is 11.4 Å². The summed E-state index contributed by atoms with van der Waals surface area (Å²) in [6.45, 7) is 6.82. The van der Waals surface area contributed by atoms with Crippen molar-refractivity contribution < 1.29 is 13.9 Å². The van der Waals surface area contributed by atoms with Crippen molar-refractivity contribution in [3.63, 3.8) is 0 Å². The van der Waals surface area contributed by atoms with Crippen molar-refractivity contribution in [3.05, 3.63) is 24.0 Å². The number of hydrogen-bond donors (Lipinski definition) is 2. The fourth-order valence-corrected chi connectivity index (χ4v) is 2.53. The molecule has 0 saturated carbocycles. The van der Waals surface area contributed by atoms with E-state index in [1.807, 2.05) is 20.8 Å². The van der Waals surface area contributed by atoms with Gasteiger partial charge in [0, 0.05) is 13.1 Å². The molecule has 22 heavy (non-hydrogen) atoms. The number of likely N-dealkylation sites (tertiary alicyclic amines) is 1. The van der Waals surface area contributed by atoms with Gasteiger partial charge in [-0.2, -0.15) is 0 Å². The fraction of sp³-hybridized carbons (Fsp3) is 0.562. The molecule has 122 valence electrons. The van der Waals surface area contributed by atoms with Crippen molar-refractivity contribution in [2.75, 3.05) is 24.1 Å². The maximum absolute atomic E-state index is 13.0. The first-order chi connectivity index (χ1) is 10.3. The molecule has 1 aromatic rings. The van der Waals surface area contributed by atoms with Gasteiger partial charge in [0.25, 0.3) is 0 Å². The molecule has 0 radical (unpaired) electrons. The van der Waals surface area contributed by atoms with Gasteiger partial charge >= 0.3 is 6.09 Å². The van der Waals surface area contributed by atoms with Gasteiger partial charge in [0.15, 0.2) is 0 Å². The van der Waals surface area contributed by atoms with Crippen LogP contribution in [0.15, 0.2) is 18.2 Å². The summed E-state index contributed by atoms with van der Waals surface area (Å²) in [5.74, 6) is -0.362. The SMILES string of the molecule is CC(C)(C)OC(=O)N1CCC[C@H]1CNc1ccc(F)cc1N. The van der Waals surface area contributed by atoms with E-state index < -0.39 is 5.60 Å². The molecule has 0 aromatic heterocycles. The molecule has 0 aliphatic carbocycles. The number of anilines is 2. The van der Waals surface area contributed by atoms with Gasteiger partial charge in [-0.15, -0.1) is 0 Å². The van der Waals surface area contributed by atoms with Crippen molar-refractivity contribution in [3.8, 4) is 0 Å². The van der Waals surface area contributed by atoms with Crippen LogP contribution >= 0.6 is 0 Å². The highest BCUT2D eigenvalue weighted by molar-refractivity contribution is 5.69. The van der Waals surface area contributed by atoms with E-state index in [0.29, 0.717) is 24.5 Å². The molecule has 1 saturated heterocycles. The Morgan fingerprint density at radius 1 is 1.50 bits per heavy atom. The second-order valence-electron chi connectivity index (χ2n) is 6.58. The number of rotatable bonds is 3. The summed E-state index contributed by atoms with van der Waals surface area (Å²) in [5.41, 5.74) is 6.32. The number of carbonyl (C=O) groups is 1. The highest BCUT2D eigenvalue weighted by atomic mass is 19.1. The highest BCUT2D eigenvalue weighted by Gasteiger charge is 2.31. The summed E-state index contributed by atoms with van der Waals surface area (Å²) in [6, 6.07) is 4.30. The normalized spacial score (nSPS) is 18.4. The minimum atomic E-state index is -0.501. The monoisotopic (exact) mass is 309 g/mol.